The van der Waals surface area contributed by atoms with E-state index in [-0.39, 0.29) is 25.6 Å². The molecule has 1 unspecified atom stereocenters. The SMILES string of the molecule is C=CC1CC(C(=O)OCC)(C(=O)OCC)Cc2ccc(-c3ccccc3)cc21. The zero-order valence-corrected chi connectivity index (χ0v) is 16.4. The zero-order valence-electron chi connectivity index (χ0n) is 16.4. The second-order valence-corrected chi connectivity index (χ2v) is 7.03. The van der Waals surface area contributed by atoms with Crippen molar-refractivity contribution in [1.82, 2.24) is 0 Å². The van der Waals surface area contributed by atoms with E-state index in [4.69, 9.17) is 9.47 Å². The van der Waals surface area contributed by atoms with Crippen molar-refractivity contribution in [3.05, 3.63) is 72.3 Å². The summed E-state index contributed by atoms with van der Waals surface area (Å²) in [6.45, 7) is 7.88. The summed E-state index contributed by atoms with van der Waals surface area (Å²) < 4.78 is 10.6. The van der Waals surface area contributed by atoms with E-state index in [2.05, 4.69) is 24.8 Å². The van der Waals surface area contributed by atoms with Gasteiger partial charge in [-0.2, -0.15) is 0 Å². The van der Waals surface area contributed by atoms with Gasteiger partial charge in [-0.1, -0.05) is 54.6 Å². The predicted octanol–water partition coefficient (Wildman–Crippen LogP) is 4.68. The number of carbonyl (C=O) groups is 2. The highest BCUT2D eigenvalue weighted by Crippen LogP contribution is 2.45. The number of allylic oxidation sites excluding steroid dienone is 1. The Morgan fingerprint density at radius 3 is 2.25 bits per heavy atom. The summed E-state index contributed by atoms with van der Waals surface area (Å²) in [6.07, 6.45) is 2.39. The minimum atomic E-state index is -1.33. The van der Waals surface area contributed by atoms with Crippen LogP contribution in [-0.4, -0.2) is 25.2 Å². The number of hydrogen-bond donors (Lipinski definition) is 0. The number of ether oxygens (including phenoxy) is 2. The monoisotopic (exact) mass is 378 g/mol. The van der Waals surface area contributed by atoms with Crippen LogP contribution in [0.3, 0.4) is 0 Å². The van der Waals surface area contributed by atoms with Crippen molar-refractivity contribution in [2.45, 2.75) is 32.6 Å². The van der Waals surface area contributed by atoms with E-state index in [0.717, 1.165) is 22.3 Å². The fourth-order valence-corrected chi connectivity index (χ4v) is 3.94. The molecule has 28 heavy (non-hydrogen) atoms. The number of rotatable bonds is 6. The molecule has 0 N–H and O–H groups in total. The molecule has 0 radical (unpaired) electrons. The summed E-state index contributed by atoms with van der Waals surface area (Å²) in [5.74, 6) is -1.17. The number of esters is 2. The number of fused-ring (bicyclic) bond motifs is 1. The van der Waals surface area contributed by atoms with Crippen LogP contribution in [0.25, 0.3) is 11.1 Å². The molecule has 4 heteroatoms. The quantitative estimate of drug-likeness (QED) is 0.416. The molecule has 146 valence electrons. The van der Waals surface area contributed by atoms with Crippen LogP contribution >= 0.6 is 0 Å². The summed E-state index contributed by atoms with van der Waals surface area (Å²) in [4.78, 5) is 25.7. The minimum Gasteiger partial charge on any atom is -0.465 e. The third kappa shape index (κ3) is 3.59. The Morgan fingerprint density at radius 1 is 1.04 bits per heavy atom. The maximum absolute atomic E-state index is 12.8. The highest BCUT2D eigenvalue weighted by molar-refractivity contribution is 6.01. The lowest BCUT2D eigenvalue weighted by atomic mass is 9.66. The molecule has 2 aromatic rings. The molecule has 0 heterocycles. The second kappa shape index (κ2) is 8.42. The van der Waals surface area contributed by atoms with Gasteiger partial charge < -0.3 is 9.47 Å². The normalized spacial score (nSPS) is 17.3. The molecule has 0 aliphatic heterocycles. The Kier molecular flexibility index (Phi) is 5.98. The first kappa shape index (κ1) is 19.9. The van der Waals surface area contributed by atoms with Gasteiger partial charge in [-0.25, -0.2) is 0 Å². The summed E-state index contributed by atoms with van der Waals surface area (Å²) >= 11 is 0. The van der Waals surface area contributed by atoms with Crippen LogP contribution in [0.4, 0.5) is 0 Å². The van der Waals surface area contributed by atoms with Crippen molar-refractivity contribution in [1.29, 1.82) is 0 Å². The van der Waals surface area contributed by atoms with Crippen molar-refractivity contribution in [2.75, 3.05) is 13.2 Å². The lowest BCUT2D eigenvalue weighted by Crippen LogP contribution is -2.47. The number of hydrogen-bond acceptors (Lipinski definition) is 4. The van der Waals surface area contributed by atoms with Crippen molar-refractivity contribution in [3.63, 3.8) is 0 Å². The molecular weight excluding hydrogens is 352 g/mol. The lowest BCUT2D eigenvalue weighted by molar-refractivity contribution is -0.173. The van der Waals surface area contributed by atoms with Gasteiger partial charge in [-0.15, -0.1) is 6.58 Å². The third-order valence-corrected chi connectivity index (χ3v) is 5.33. The molecule has 0 fully saturated rings. The van der Waals surface area contributed by atoms with E-state index in [1.54, 1.807) is 19.9 Å². The number of carbonyl (C=O) groups excluding carboxylic acids is 2. The Morgan fingerprint density at radius 2 is 1.68 bits per heavy atom. The second-order valence-electron chi connectivity index (χ2n) is 7.03. The van der Waals surface area contributed by atoms with Crippen molar-refractivity contribution in [3.8, 4) is 11.1 Å². The fraction of sp³-hybridized carbons (Fsp3) is 0.333. The molecule has 2 aromatic carbocycles. The van der Waals surface area contributed by atoms with Gasteiger partial charge in [0.2, 0.25) is 0 Å². The summed E-state index contributed by atoms with van der Waals surface area (Å²) in [5.41, 5.74) is 2.95. The van der Waals surface area contributed by atoms with Crippen molar-refractivity contribution < 1.29 is 19.1 Å². The molecule has 0 aromatic heterocycles. The van der Waals surface area contributed by atoms with Crippen molar-refractivity contribution in [2.24, 2.45) is 5.41 Å². The molecule has 0 amide bonds. The maximum atomic E-state index is 12.8. The molecular formula is C24H26O4. The number of benzene rings is 2. The van der Waals surface area contributed by atoms with Gasteiger partial charge in [-0.05, 0) is 48.9 Å². The minimum absolute atomic E-state index is 0.138. The zero-order chi connectivity index (χ0) is 20.1. The topological polar surface area (TPSA) is 52.6 Å². The molecule has 1 aliphatic rings. The molecule has 0 spiro atoms. The van der Waals surface area contributed by atoms with Gasteiger partial charge >= 0.3 is 11.9 Å². The largest absolute Gasteiger partial charge is 0.465 e. The predicted molar refractivity (Wildman–Crippen MR) is 109 cm³/mol. The molecule has 3 rings (SSSR count). The molecule has 1 aliphatic carbocycles. The van der Waals surface area contributed by atoms with Crippen LogP contribution in [0.15, 0.2) is 61.2 Å². The Hall–Kier alpha value is -2.88. The van der Waals surface area contributed by atoms with Crippen LogP contribution in [0, 0.1) is 5.41 Å². The average molecular weight is 378 g/mol. The molecule has 1 atom stereocenters. The highest BCUT2D eigenvalue weighted by atomic mass is 16.6. The van der Waals surface area contributed by atoms with Crippen molar-refractivity contribution >= 4 is 11.9 Å². The highest BCUT2D eigenvalue weighted by Gasteiger charge is 2.52. The molecule has 0 bridgehead atoms. The van der Waals surface area contributed by atoms with Crippen LogP contribution in [0.5, 0.6) is 0 Å². The van der Waals surface area contributed by atoms with E-state index in [9.17, 15) is 9.59 Å². The van der Waals surface area contributed by atoms with E-state index >= 15 is 0 Å². The summed E-state index contributed by atoms with van der Waals surface area (Å²) in [5, 5.41) is 0. The van der Waals surface area contributed by atoms with Crippen LogP contribution in [0.1, 0.15) is 37.3 Å². The van der Waals surface area contributed by atoms with E-state index in [0.29, 0.717) is 6.42 Å². The van der Waals surface area contributed by atoms with Gasteiger partial charge in [0.25, 0.3) is 0 Å². The van der Waals surface area contributed by atoms with Crippen LogP contribution in [0.2, 0.25) is 0 Å². The standard InChI is InChI=1S/C24H26O4/c1-4-17-15-24(22(25)27-5-2,23(26)28-6-3)16-20-13-12-19(14-21(17)20)18-10-8-7-9-11-18/h4,7-14,17H,1,5-6,15-16H2,2-3H3. The van der Waals surface area contributed by atoms with Crippen LogP contribution < -0.4 is 0 Å². The lowest BCUT2D eigenvalue weighted by Gasteiger charge is -2.37. The first-order chi connectivity index (χ1) is 13.6. The maximum Gasteiger partial charge on any atom is 0.323 e. The van der Waals surface area contributed by atoms with Gasteiger partial charge in [0.05, 0.1) is 13.2 Å². The Balaban J connectivity index is 2.06. The Labute approximate surface area is 166 Å². The van der Waals surface area contributed by atoms with E-state index in [1.807, 2.05) is 30.3 Å². The van der Waals surface area contributed by atoms with Gasteiger partial charge in [0.1, 0.15) is 0 Å². The van der Waals surface area contributed by atoms with E-state index in [1.165, 1.54) is 0 Å². The average Bonchev–Trinajstić information content (AvgIpc) is 2.73. The fourth-order valence-electron chi connectivity index (χ4n) is 3.94. The van der Waals surface area contributed by atoms with Gasteiger partial charge in [0.15, 0.2) is 5.41 Å². The Bertz CT molecular complexity index is 851. The molecule has 0 saturated heterocycles. The van der Waals surface area contributed by atoms with Crippen LogP contribution in [-0.2, 0) is 25.5 Å². The smallest absolute Gasteiger partial charge is 0.323 e. The van der Waals surface area contributed by atoms with E-state index < -0.39 is 17.4 Å². The molecule has 4 nitrogen and oxygen atoms in total. The first-order valence-corrected chi connectivity index (χ1v) is 9.71. The summed E-state index contributed by atoms with van der Waals surface area (Å²) in [6, 6.07) is 16.3. The molecule has 0 saturated carbocycles. The first-order valence-electron chi connectivity index (χ1n) is 9.71. The third-order valence-electron chi connectivity index (χ3n) is 5.33. The van der Waals surface area contributed by atoms with Gasteiger partial charge in [0, 0.05) is 5.92 Å². The van der Waals surface area contributed by atoms with Gasteiger partial charge in [-0.3, -0.25) is 9.59 Å². The summed E-state index contributed by atoms with van der Waals surface area (Å²) in [7, 11) is 0.